The van der Waals surface area contributed by atoms with Crippen LogP contribution in [0.4, 0.5) is 4.39 Å². The quantitative estimate of drug-likeness (QED) is 0.345. The average Bonchev–Trinajstić information content (AvgIpc) is 2.81. The lowest BCUT2D eigenvalue weighted by Crippen LogP contribution is -2.28. The number of amidine groups is 1. The molecule has 5 heteroatoms. The summed E-state index contributed by atoms with van der Waals surface area (Å²) in [6.07, 6.45) is 5.76. The van der Waals surface area contributed by atoms with Crippen molar-refractivity contribution < 1.29 is 9.18 Å². The number of alkyl halides is 1. The van der Waals surface area contributed by atoms with E-state index in [1.54, 1.807) is 30.3 Å². The molecule has 0 fully saturated rings. The molecule has 0 spiro atoms. The van der Waals surface area contributed by atoms with Crippen LogP contribution >= 0.6 is 11.6 Å². The van der Waals surface area contributed by atoms with Gasteiger partial charge in [-0.05, 0) is 53.0 Å². The zero-order valence-corrected chi connectivity index (χ0v) is 14.4. The molecule has 3 rings (SSSR count). The monoisotopic (exact) mass is 364 g/mol. The summed E-state index contributed by atoms with van der Waals surface area (Å²) in [6.45, 7) is 0. The van der Waals surface area contributed by atoms with Crippen LogP contribution in [-0.2, 0) is 0 Å². The molecule has 0 radical (unpaired) electrons. The van der Waals surface area contributed by atoms with E-state index in [4.69, 9.17) is 23.4 Å². The van der Waals surface area contributed by atoms with E-state index >= 15 is 0 Å². The fourth-order valence-corrected chi connectivity index (χ4v) is 2.86. The molecule has 2 aromatic carbocycles. The van der Waals surface area contributed by atoms with Crippen molar-refractivity contribution >= 4 is 28.9 Å². The molecule has 0 bridgehead atoms. The van der Waals surface area contributed by atoms with Gasteiger partial charge in [-0.15, -0.1) is 12.2 Å². The van der Waals surface area contributed by atoms with Gasteiger partial charge in [-0.1, -0.05) is 29.8 Å². The van der Waals surface area contributed by atoms with Gasteiger partial charge in [0.1, 0.15) is 6.17 Å². The number of carbonyl (C=O) groups is 1. The minimum Gasteiger partial charge on any atom is -0.300 e. The molecule has 1 aliphatic carbocycles. The third kappa shape index (κ3) is 3.60. The Bertz CT molecular complexity index is 996. The average molecular weight is 365 g/mol. The lowest BCUT2D eigenvalue weighted by Gasteiger charge is -2.14. The van der Waals surface area contributed by atoms with Crippen molar-refractivity contribution in [3.8, 4) is 12.3 Å². The first-order chi connectivity index (χ1) is 12.5. The molecule has 1 aliphatic rings. The highest BCUT2D eigenvalue weighted by atomic mass is 35.5. The Labute approximate surface area is 155 Å². The Kier molecular flexibility index (Phi) is 5.04. The van der Waals surface area contributed by atoms with Gasteiger partial charge in [0.2, 0.25) is 0 Å². The molecule has 2 N–H and O–H groups in total. The Hall–Kier alpha value is -3.12. The standard InChI is InChI=1S/C21H14ClFN2O/c1-2-20(24)25-21(26)14-8-11-17-18(12-14)16(4-3-5-19(17)23)13-6-9-15(22)10-7-13/h1,3,6-12,19H,5H2,(H2,24,25,26). The first-order valence-corrected chi connectivity index (χ1v) is 8.23. The smallest absolute Gasteiger partial charge is 0.257 e. The number of halogens is 2. The predicted octanol–water partition coefficient (Wildman–Crippen LogP) is 4.68. The molecule has 0 saturated carbocycles. The number of allylic oxidation sites excluding steroid dienone is 1. The van der Waals surface area contributed by atoms with Gasteiger partial charge in [-0.3, -0.25) is 15.5 Å². The number of hydrogen-bond donors (Lipinski definition) is 2. The fraction of sp³-hybridized carbons (Fsp3) is 0.0952. The van der Waals surface area contributed by atoms with Crippen LogP contribution in [0.2, 0.25) is 5.02 Å². The van der Waals surface area contributed by atoms with Gasteiger partial charge < -0.3 is 0 Å². The molecule has 1 unspecified atom stereocenters. The van der Waals surface area contributed by atoms with Gasteiger partial charge in [0.15, 0.2) is 5.84 Å². The van der Waals surface area contributed by atoms with E-state index in [1.165, 1.54) is 6.07 Å². The number of amides is 1. The highest BCUT2D eigenvalue weighted by molar-refractivity contribution is 6.30. The Balaban J connectivity index is 2.10. The van der Waals surface area contributed by atoms with Gasteiger partial charge in [0, 0.05) is 22.6 Å². The third-order valence-electron chi connectivity index (χ3n) is 4.01. The van der Waals surface area contributed by atoms with Gasteiger partial charge in [0.25, 0.3) is 5.91 Å². The van der Waals surface area contributed by atoms with E-state index < -0.39 is 12.1 Å². The van der Waals surface area contributed by atoms with E-state index in [1.807, 2.05) is 18.1 Å². The van der Waals surface area contributed by atoms with Crippen LogP contribution in [0.5, 0.6) is 0 Å². The summed E-state index contributed by atoms with van der Waals surface area (Å²) in [5, 5.41) is 10.3. The van der Waals surface area contributed by atoms with Crippen molar-refractivity contribution in [1.29, 1.82) is 5.41 Å². The molecule has 0 heterocycles. The lowest BCUT2D eigenvalue weighted by atomic mass is 9.91. The van der Waals surface area contributed by atoms with Crippen LogP contribution < -0.4 is 5.32 Å². The Morgan fingerprint density at radius 1 is 1.31 bits per heavy atom. The molecule has 0 saturated heterocycles. The van der Waals surface area contributed by atoms with E-state index in [2.05, 4.69) is 11.0 Å². The zero-order valence-electron chi connectivity index (χ0n) is 13.6. The van der Waals surface area contributed by atoms with Crippen LogP contribution in [0, 0.1) is 17.8 Å². The van der Waals surface area contributed by atoms with Crippen molar-refractivity contribution in [3.63, 3.8) is 0 Å². The Morgan fingerprint density at radius 3 is 2.73 bits per heavy atom. The Morgan fingerprint density at radius 2 is 2.04 bits per heavy atom. The van der Waals surface area contributed by atoms with Crippen LogP contribution in [0.1, 0.15) is 39.6 Å². The second kappa shape index (κ2) is 7.41. The van der Waals surface area contributed by atoms with Crippen molar-refractivity contribution in [2.75, 3.05) is 0 Å². The van der Waals surface area contributed by atoms with Crippen LogP contribution in [0.15, 0.2) is 54.3 Å². The molecule has 2 aromatic rings. The predicted molar refractivity (Wildman–Crippen MR) is 101 cm³/mol. The highest BCUT2D eigenvalue weighted by Crippen LogP contribution is 2.35. The van der Waals surface area contributed by atoms with Crippen LogP contribution in [0.3, 0.4) is 0 Å². The van der Waals surface area contributed by atoms with E-state index in [0.717, 1.165) is 5.56 Å². The third-order valence-corrected chi connectivity index (χ3v) is 4.26. The number of benzene rings is 2. The first-order valence-electron chi connectivity index (χ1n) is 7.85. The van der Waals surface area contributed by atoms with E-state index in [9.17, 15) is 9.18 Å². The first kappa shape index (κ1) is 17.7. The number of rotatable bonds is 2. The molecule has 0 aromatic heterocycles. The largest absolute Gasteiger partial charge is 0.300 e. The topological polar surface area (TPSA) is 53.0 Å². The minimum absolute atomic E-state index is 0.206. The molecule has 0 aliphatic heterocycles. The van der Waals surface area contributed by atoms with Crippen molar-refractivity contribution in [2.45, 2.75) is 12.6 Å². The number of fused-ring (bicyclic) bond motifs is 1. The SMILES string of the molecule is C#CC(=N)NC(=O)c1ccc2c(c1)C(c1ccc(Cl)cc1)=C=CCC2F. The zero-order chi connectivity index (χ0) is 18.7. The van der Waals surface area contributed by atoms with Crippen molar-refractivity contribution in [3.05, 3.63) is 81.5 Å². The molecular weight excluding hydrogens is 351 g/mol. The number of terminal acetylenes is 1. The summed E-state index contributed by atoms with van der Waals surface area (Å²) >= 11 is 5.95. The highest BCUT2D eigenvalue weighted by Gasteiger charge is 2.21. The van der Waals surface area contributed by atoms with Crippen molar-refractivity contribution in [1.82, 2.24) is 5.32 Å². The fourth-order valence-electron chi connectivity index (χ4n) is 2.73. The molecule has 1 atom stereocenters. The van der Waals surface area contributed by atoms with Crippen molar-refractivity contribution in [2.24, 2.45) is 0 Å². The second-order valence-electron chi connectivity index (χ2n) is 5.71. The summed E-state index contributed by atoms with van der Waals surface area (Å²) in [4.78, 5) is 12.3. The summed E-state index contributed by atoms with van der Waals surface area (Å²) in [6, 6.07) is 11.8. The van der Waals surface area contributed by atoms with Gasteiger partial charge in [0.05, 0.1) is 0 Å². The molecule has 26 heavy (non-hydrogen) atoms. The minimum atomic E-state index is -1.19. The molecular formula is C21H14ClFN2O. The normalized spacial score (nSPS) is 15.3. The van der Waals surface area contributed by atoms with E-state index in [0.29, 0.717) is 21.7 Å². The maximum absolute atomic E-state index is 14.5. The van der Waals surface area contributed by atoms with Gasteiger partial charge in [-0.2, -0.15) is 0 Å². The molecule has 3 nitrogen and oxygen atoms in total. The number of carbonyl (C=O) groups excluding carboxylic acids is 1. The number of hydrogen-bond acceptors (Lipinski definition) is 2. The summed E-state index contributed by atoms with van der Waals surface area (Å²) in [7, 11) is 0. The number of nitrogens with one attached hydrogen (secondary N) is 2. The molecule has 128 valence electrons. The maximum Gasteiger partial charge on any atom is 0.257 e. The second-order valence-corrected chi connectivity index (χ2v) is 6.15. The van der Waals surface area contributed by atoms with Gasteiger partial charge >= 0.3 is 0 Å². The van der Waals surface area contributed by atoms with E-state index in [-0.39, 0.29) is 17.8 Å². The summed E-state index contributed by atoms with van der Waals surface area (Å²) < 4.78 is 14.5. The summed E-state index contributed by atoms with van der Waals surface area (Å²) in [5.41, 5.74) is 5.96. The molecule has 1 amide bonds. The summed E-state index contributed by atoms with van der Waals surface area (Å²) in [5.74, 6) is 1.19. The van der Waals surface area contributed by atoms with Gasteiger partial charge in [-0.25, -0.2) is 4.39 Å². The van der Waals surface area contributed by atoms with Crippen LogP contribution in [-0.4, -0.2) is 11.7 Å². The maximum atomic E-state index is 14.5. The van der Waals surface area contributed by atoms with Crippen LogP contribution in [0.25, 0.3) is 5.57 Å². The lowest BCUT2D eigenvalue weighted by molar-refractivity contribution is 0.0977.